The summed E-state index contributed by atoms with van der Waals surface area (Å²) in [6.45, 7) is 1.06. The van der Waals surface area contributed by atoms with Crippen LogP contribution in [0.1, 0.15) is 12.5 Å². The van der Waals surface area contributed by atoms with Gasteiger partial charge in [0.1, 0.15) is 5.75 Å². The third-order valence-corrected chi connectivity index (χ3v) is 1.53. The molecule has 0 aliphatic carbocycles. The van der Waals surface area contributed by atoms with Crippen molar-refractivity contribution < 1.29 is 24.9 Å². The molecule has 0 radical (unpaired) electrons. The Morgan fingerprint density at radius 3 is 2.21 bits per heavy atom. The normalized spacial score (nSPS) is 11.1. The largest absolute Gasteiger partial charge is 0.508 e. The molecule has 1 aromatic rings. The molecular weight excluding hydrogens is 188 g/mol. The Hall–Kier alpha value is -1.59. The Bertz CT molecular complexity index is 328. The molecule has 76 valence electrons. The quantitative estimate of drug-likeness (QED) is 0.461. The molecule has 1 rings (SSSR count). The number of carbonyl (C=O) groups is 1. The number of esters is 1. The van der Waals surface area contributed by atoms with Crippen LogP contribution in [0.2, 0.25) is 0 Å². The van der Waals surface area contributed by atoms with Gasteiger partial charge in [0, 0.05) is 6.92 Å². The summed E-state index contributed by atoms with van der Waals surface area (Å²) in [4.78, 5) is 10.5. The zero-order valence-corrected chi connectivity index (χ0v) is 7.47. The van der Waals surface area contributed by atoms with Crippen molar-refractivity contribution in [3.05, 3.63) is 29.8 Å². The van der Waals surface area contributed by atoms with Gasteiger partial charge in [-0.3, -0.25) is 4.79 Å². The van der Waals surface area contributed by atoms with E-state index in [4.69, 9.17) is 5.11 Å². The third-order valence-electron chi connectivity index (χ3n) is 1.53. The molecule has 0 saturated carbocycles. The predicted molar refractivity (Wildman–Crippen MR) is 46.0 cm³/mol. The molecule has 1 aromatic carbocycles. The Morgan fingerprint density at radius 2 is 1.79 bits per heavy atom. The van der Waals surface area contributed by atoms with Crippen molar-refractivity contribution in [1.82, 2.24) is 0 Å². The van der Waals surface area contributed by atoms with E-state index in [-0.39, 0.29) is 11.3 Å². The van der Waals surface area contributed by atoms with E-state index in [1.165, 1.54) is 24.3 Å². The van der Waals surface area contributed by atoms with Gasteiger partial charge in [-0.2, -0.15) is 0 Å². The second-order valence-electron chi connectivity index (χ2n) is 2.75. The van der Waals surface area contributed by atoms with Crippen molar-refractivity contribution in [3.63, 3.8) is 0 Å². The molecule has 0 fully saturated rings. The van der Waals surface area contributed by atoms with Crippen molar-refractivity contribution in [2.75, 3.05) is 0 Å². The maximum atomic E-state index is 10.5. The number of aromatic hydroxyl groups is 1. The number of rotatable bonds is 2. The predicted octanol–water partition coefficient (Wildman–Crippen LogP) is 0.0502. The molecule has 14 heavy (non-hydrogen) atoms. The first kappa shape index (κ1) is 10.5. The van der Waals surface area contributed by atoms with Gasteiger partial charge >= 0.3 is 11.9 Å². The van der Waals surface area contributed by atoms with E-state index in [1.54, 1.807) is 0 Å². The minimum Gasteiger partial charge on any atom is -0.508 e. The smallest absolute Gasteiger partial charge is 0.353 e. The Balaban J connectivity index is 2.91. The lowest BCUT2D eigenvalue weighted by molar-refractivity contribution is -0.329. The molecule has 5 heteroatoms. The van der Waals surface area contributed by atoms with Crippen LogP contribution in [-0.4, -0.2) is 21.3 Å². The summed E-state index contributed by atoms with van der Waals surface area (Å²) in [5, 5.41) is 27.5. The lowest BCUT2D eigenvalue weighted by Crippen LogP contribution is -2.30. The molecule has 5 nitrogen and oxygen atoms in total. The molecule has 0 bridgehead atoms. The first-order valence-electron chi connectivity index (χ1n) is 3.85. The fourth-order valence-corrected chi connectivity index (χ4v) is 0.938. The molecule has 0 saturated heterocycles. The van der Waals surface area contributed by atoms with E-state index in [2.05, 4.69) is 4.74 Å². The number of hydrogen-bond donors (Lipinski definition) is 3. The summed E-state index contributed by atoms with van der Waals surface area (Å²) in [5.74, 6) is -3.49. The standard InChI is InChI=1S/C9H10O5/c1-6(10)14-9(12,13)7-2-4-8(11)5-3-7/h2-5,11-13H,1H3. The monoisotopic (exact) mass is 198 g/mol. The number of phenolic OH excluding ortho intramolecular Hbond substituents is 1. The first-order chi connectivity index (χ1) is 6.42. The van der Waals surface area contributed by atoms with Crippen molar-refractivity contribution >= 4 is 5.97 Å². The van der Waals surface area contributed by atoms with Gasteiger partial charge in [-0.05, 0) is 24.3 Å². The Kier molecular flexibility index (Phi) is 2.73. The average Bonchev–Trinajstić information content (AvgIpc) is 2.02. The van der Waals surface area contributed by atoms with Crippen LogP contribution in [0.15, 0.2) is 24.3 Å². The molecule has 0 amide bonds. The summed E-state index contributed by atoms with van der Waals surface area (Å²) in [6.07, 6.45) is 0. The topological polar surface area (TPSA) is 87.0 Å². The first-order valence-corrected chi connectivity index (χ1v) is 3.85. The molecule has 0 unspecified atom stereocenters. The number of benzene rings is 1. The van der Waals surface area contributed by atoms with E-state index >= 15 is 0 Å². The SMILES string of the molecule is CC(=O)OC(O)(O)c1ccc(O)cc1. The average molecular weight is 198 g/mol. The summed E-state index contributed by atoms with van der Waals surface area (Å²) in [5.41, 5.74) is -0.0366. The van der Waals surface area contributed by atoms with E-state index in [9.17, 15) is 15.0 Å². The molecule has 0 aliphatic heterocycles. The van der Waals surface area contributed by atoms with Crippen molar-refractivity contribution in [1.29, 1.82) is 0 Å². The minimum absolute atomic E-state index is 0.0209. The fraction of sp³-hybridized carbons (Fsp3) is 0.222. The van der Waals surface area contributed by atoms with Crippen LogP contribution >= 0.6 is 0 Å². The highest BCUT2D eigenvalue weighted by atomic mass is 16.8. The van der Waals surface area contributed by atoms with E-state index in [1.807, 2.05) is 0 Å². The number of ether oxygens (including phenoxy) is 1. The van der Waals surface area contributed by atoms with Gasteiger partial charge in [0.15, 0.2) is 0 Å². The van der Waals surface area contributed by atoms with Crippen LogP contribution in [0.5, 0.6) is 5.75 Å². The van der Waals surface area contributed by atoms with Crippen LogP contribution in [0.3, 0.4) is 0 Å². The second-order valence-corrected chi connectivity index (χ2v) is 2.75. The van der Waals surface area contributed by atoms with Gasteiger partial charge in [0.2, 0.25) is 0 Å². The van der Waals surface area contributed by atoms with E-state index < -0.39 is 11.9 Å². The lowest BCUT2D eigenvalue weighted by Gasteiger charge is -2.20. The fourth-order valence-electron chi connectivity index (χ4n) is 0.938. The highest BCUT2D eigenvalue weighted by molar-refractivity contribution is 5.66. The van der Waals surface area contributed by atoms with Crippen LogP contribution in [-0.2, 0) is 15.5 Å². The van der Waals surface area contributed by atoms with Gasteiger partial charge in [-0.1, -0.05) is 0 Å². The van der Waals surface area contributed by atoms with Crippen LogP contribution in [0.4, 0.5) is 0 Å². The van der Waals surface area contributed by atoms with Crippen LogP contribution in [0, 0.1) is 0 Å². The van der Waals surface area contributed by atoms with Crippen molar-refractivity contribution in [2.24, 2.45) is 0 Å². The van der Waals surface area contributed by atoms with E-state index in [0.717, 1.165) is 6.92 Å². The van der Waals surface area contributed by atoms with Gasteiger partial charge in [-0.25, -0.2) is 0 Å². The number of phenols is 1. The Labute approximate surface area is 80.2 Å². The molecule has 3 N–H and O–H groups in total. The molecule has 0 aromatic heterocycles. The van der Waals surface area contributed by atoms with Crippen LogP contribution < -0.4 is 0 Å². The van der Waals surface area contributed by atoms with E-state index in [0.29, 0.717) is 0 Å². The highest BCUT2D eigenvalue weighted by Gasteiger charge is 2.29. The molecule has 0 heterocycles. The summed E-state index contributed by atoms with van der Waals surface area (Å²) in [6, 6.07) is 4.97. The van der Waals surface area contributed by atoms with Crippen LogP contribution in [0.25, 0.3) is 0 Å². The number of hydrogen-bond acceptors (Lipinski definition) is 5. The zero-order valence-electron chi connectivity index (χ0n) is 7.47. The zero-order chi connectivity index (χ0) is 10.8. The van der Waals surface area contributed by atoms with Gasteiger partial charge in [0.25, 0.3) is 0 Å². The summed E-state index contributed by atoms with van der Waals surface area (Å²) in [7, 11) is 0. The molecule has 0 atom stereocenters. The van der Waals surface area contributed by atoms with Crippen molar-refractivity contribution in [2.45, 2.75) is 12.9 Å². The lowest BCUT2D eigenvalue weighted by atomic mass is 10.2. The van der Waals surface area contributed by atoms with Gasteiger partial charge in [-0.15, -0.1) is 0 Å². The number of carbonyl (C=O) groups excluding carboxylic acids is 1. The minimum atomic E-state index is -2.65. The summed E-state index contributed by atoms with van der Waals surface area (Å²) < 4.78 is 4.25. The maximum Gasteiger partial charge on any atom is 0.353 e. The van der Waals surface area contributed by atoms with Gasteiger partial charge < -0.3 is 20.1 Å². The van der Waals surface area contributed by atoms with Crippen molar-refractivity contribution in [3.8, 4) is 5.75 Å². The maximum absolute atomic E-state index is 10.5. The molecule has 0 spiro atoms. The summed E-state index contributed by atoms with van der Waals surface area (Å²) >= 11 is 0. The molecule has 0 aliphatic rings. The highest BCUT2D eigenvalue weighted by Crippen LogP contribution is 2.21. The second kappa shape index (κ2) is 3.65. The third kappa shape index (κ3) is 2.45. The number of aliphatic hydroxyl groups is 2. The van der Waals surface area contributed by atoms with Gasteiger partial charge in [0.05, 0.1) is 5.56 Å². The molecular formula is C9H10O5. The Morgan fingerprint density at radius 1 is 1.29 bits per heavy atom.